The van der Waals surface area contributed by atoms with E-state index in [1.54, 1.807) is 17.0 Å². The Hall–Kier alpha value is -3.36. The minimum atomic E-state index is -2.02. The molecule has 5 nitrogen and oxygen atoms in total. The standard InChI is InChI=1S/C29H32F2N2O3Si/c1-29(2,3)37(4,5)36-24-16-8-20(9-17-24)27-26(28(35)33(27)23-14-12-22(31)13-15-23)32-18-25(34)19-6-10-21(30)11-7-19/h6-17,26-27,32H,18H2,1-5H3. The van der Waals surface area contributed by atoms with Crippen molar-refractivity contribution < 1.29 is 22.8 Å². The van der Waals surface area contributed by atoms with Gasteiger partial charge in [-0.3, -0.25) is 14.9 Å². The second kappa shape index (κ2) is 10.2. The third kappa shape index (κ3) is 5.65. The molecule has 1 aliphatic rings. The minimum Gasteiger partial charge on any atom is -0.544 e. The molecule has 37 heavy (non-hydrogen) atoms. The summed E-state index contributed by atoms with van der Waals surface area (Å²) < 4.78 is 33.1. The molecule has 0 bridgehead atoms. The summed E-state index contributed by atoms with van der Waals surface area (Å²) in [7, 11) is -2.02. The lowest BCUT2D eigenvalue weighted by molar-refractivity contribution is -0.127. The maximum Gasteiger partial charge on any atom is 0.250 e. The topological polar surface area (TPSA) is 58.6 Å². The first-order chi connectivity index (χ1) is 17.4. The molecule has 0 radical (unpaired) electrons. The number of carbonyl (C=O) groups is 2. The van der Waals surface area contributed by atoms with Crippen LogP contribution >= 0.6 is 0 Å². The molecule has 4 rings (SSSR count). The van der Waals surface area contributed by atoms with E-state index in [4.69, 9.17) is 4.43 Å². The van der Waals surface area contributed by atoms with Crippen LogP contribution in [0.15, 0.2) is 72.8 Å². The van der Waals surface area contributed by atoms with E-state index in [-0.39, 0.29) is 29.1 Å². The number of ketones is 1. The van der Waals surface area contributed by atoms with Gasteiger partial charge in [-0.15, -0.1) is 0 Å². The Morgan fingerprint density at radius 2 is 1.46 bits per heavy atom. The number of halogens is 2. The van der Waals surface area contributed by atoms with Crippen molar-refractivity contribution in [2.45, 2.75) is 51.0 Å². The van der Waals surface area contributed by atoms with Gasteiger partial charge >= 0.3 is 0 Å². The number of amides is 1. The lowest BCUT2D eigenvalue weighted by Crippen LogP contribution is -2.65. The lowest BCUT2D eigenvalue weighted by Gasteiger charge is -2.47. The fourth-order valence-electron chi connectivity index (χ4n) is 4.04. The molecule has 0 aliphatic carbocycles. The summed E-state index contributed by atoms with van der Waals surface area (Å²) in [6.45, 7) is 10.8. The third-order valence-electron chi connectivity index (χ3n) is 7.25. The first-order valence-corrected chi connectivity index (χ1v) is 15.2. The van der Waals surface area contributed by atoms with Crippen molar-refractivity contribution in [1.82, 2.24) is 5.32 Å². The summed E-state index contributed by atoms with van der Waals surface area (Å²) in [5, 5.41) is 3.13. The number of rotatable bonds is 8. The molecule has 0 saturated carbocycles. The van der Waals surface area contributed by atoms with Crippen LogP contribution in [0.25, 0.3) is 0 Å². The Balaban J connectivity index is 1.56. The van der Waals surface area contributed by atoms with Crippen molar-refractivity contribution >= 4 is 25.7 Å². The van der Waals surface area contributed by atoms with Gasteiger partial charge < -0.3 is 9.33 Å². The van der Waals surface area contributed by atoms with Crippen molar-refractivity contribution in [1.29, 1.82) is 0 Å². The van der Waals surface area contributed by atoms with Crippen LogP contribution in [-0.4, -0.2) is 32.6 Å². The average molecular weight is 523 g/mol. The van der Waals surface area contributed by atoms with Crippen LogP contribution in [0.2, 0.25) is 18.1 Å². The van der Waals surface area contributed by atoms with Crippen molar-refractivity contribution in [2.24, 2.45) is 0 Å². The van der Waals surface area contributed by atoms with E-state index in [0.29, 0.717) is 11.3 Å². The number of β-lactam (4-membered cyclic amide) rings is 1. The molecule has 0 spiro atoms. The van der Waals surface area contributed by atoms with Gasteiger partial charge in [0.25, 0.3) is 0 Å². The van der Waals surface area contributed by atoms with Crippen LogP contribution in [0.5, 0.6) is 5.75 Å². The molecule has 8 heteroatoms. The van der Waals surface area contributed by atoms with Gasteiger partial charge in [0.1, 0.15) is 23.4 Å². The zero-order valence-corrected chi connectivity index (χ0v) is 22.7. The van der Waals surface area contributed by atoms with Crippen LogP contribution in [0.4, 0.5) is 14.5 Å². The normalized spacial score (nSPS) is 17.9. The highest BCUT2D eigenvalue weighted by molar-refractivity contribution is 6.74. The highest BCUT2D eigenvalue weighted by atomic mass is 28.4. The average Bonchev–Trinajstić information content (AvgIpc) is 2.84. The van der Waals surface area contributed by atoms with Crippen molar-refractivity contribution in [3.05, 3.63) is 95.6 Å². The summed E-state index contributed by atoms with van der Waals surface area (Å²) in [6, 6.07) is 17.7. The summed E-state index contributed by atoms with van der Waals surface area (Å²) in [6.07, 6.45) is 0. The predicted octanol–water partition coefficient (Wildman–Crippen LogP) is 6.28. The van der Waals surface area contributed by atoms with E-state index in [9.17, 15) is 18.4 Å². The van der Waals surface area contributed by atoms with E-state index < -0.39 is 26.2 Å². The van der Waals surface area contributed by atoms with E-state index in [1.807, 2.05) is 24.3 Å². The van der Waals surface area contributed by atoms with Crippen LogP contribution in [0.1, 0.15) is 42.7 Å². The lowest BCUT2D eigenvalue weighted by atomic mass is 9.87. The number of nitrogens with zero attached hydrogens (tertiary/aromatic N) is 1. The molecule has 1 heterocycles. The molecular weight excluding hydrogens is 490 g/mol. The molecule has 0 aromatic heterocycles. The maximum absolute atomic E-state index is 13.5. The molecule has 2 unspecified atom stereocenters. The monoisotopic (exact) mass is 522 g/mol. The summed E-state index contributed by atoms with van der Waals surface area (Å²) in [5.41, 5.74) is 1.79. The van der Waals surface area contributed by atoms with Crippen LogP contribution in [0.3, 0.4) is 0 Å². The molecule has 2 atom stereocenters. The highest BCUT2D eigenvalue weighted by Gasteiger charge is 2.49. The Labute approximate surface area is 217 Å². The number of Topliss-reactive ketones (excluding diaryl/α,β-unsaturated/α-hetero) is 1. The van der Waals surface area contributed by atoms with Crippen molar-refractivity contribution in [2.75, 3.05) is 11.4 Å². The second-order valence-corrected chi connectivity index (χ2v) is 15.6. The Bertz CT molecular complexity index is 1270. The Kier molecular flexibility index (Phi) is 7.35. The van der Waals surface area contributed by atoms with Gasteiger partial charge in [0.15, 0.2) is 5.78 Å². The Morgan fingerprint density at radius 1 is 0.919 bits per heavy atom. The van der Waals surface area contributed by atoms with Gasteiger partial charge in [-0.25, -0.2) is 8.78 Å². The first kappa shape index (κ1) is 26.7. The van der Waals surface area contributed by atoms with Gasteiger partial charge in [-0.2, -0.15) is 0 Å². The first-order valence-electron chi connectivity index (χ1n) is 12.3. The number of anilines is 1. The number of hydrogen-bond acceptors (Lipinski definition) is 4. The number of hydrogen-bond donors (Lipinski definition) is 1. The molecule has 194 valence electrons. The molecule has 1 fully saturated rings. The molecule has 3 aromatic carbocycles. The van der Waals surface area contributed by atoms with Crippen LogP contribution < -0.4 is 14.6 Å². The predicted molar refractivity (Wildman–Crippen MR) is 143 cm³/mol. The number of benzene rings is 3. The quantitative estimate of drug-likeness (QED) is 0.215. The largest absolute Gasteiger partial charge is 0.544 e. The maximum atomic E-state index is 13.5. The van der Waals surface area contributed by atoms with Gasteiger partial charge in [0.05, 0.1) is 12.6 Å². The fraction of sp³-hybridized carbons (Fsp3) is 0.310. The van der Waals surface area contributed by atoms with Crippen molar-refractivity contribution in [3.8, 4) is 5.75 Å². The minimum absolute atomic E-state index is 0.0531. The van der Waals surface area contributed by atoms with Gasteiger partial charge in [-0.1, -0.05) is 32.9 Å². The van der Waals surface area contributed by atoms with E-state index in [0.717, 1.165) is 11.3 Å². The smallest absolute Gasteiger partial charge is 0.250 e. The SMILES string of the molecule is CC(C)(C)[Si](C)(C)Oc1ccc(C2C(NCC(=O)c3ccc(F)cc3)C(=O)N2c2ccc(F)cc2)cc1. The van der Waals surface area contributed by atoms with Gasteiger partial charge in [0.2, 0.25) is 14.2 Å². The second-order valence-electron chi connectivity index (χ2n) is 10.8. The van der Waals surface area contributed by atoms with Crippen LogP contribution in [0, 0.1) is 11.6 Å². The molecular formula is C29H32F2N2O3Si. The zero-order chi connectivity index (χ0) is 27.0. The fourth-order valence-corrected chi connectivity index (χ4v) is 5.07. The molecule has 1 amide bonds. The molecule has 1 saturated heterocycles. The Morgan fingerprint density at radius 3 is 2.00 bits per heavy atom. The summed E-state index contributed by atoms with van der Waals surface area (Å²) in [4.78, 5) is 27.4. The number of nitrogens with one attached hydrogen (secondary N) is 1. The third-order valence-corrected chi connectivity index (χ3v) is 11.6. The van der Waals surface area contributed by atoms with E-state index in [2.05, 4.69) is 39.2 Å². The molecule has 3 aromatic rings. The van der Waals surface area contributed by atoms with Gasteiger partial charge in [0, 0.05) is 11.3 Å². The summed E-state index contributed by atoms with van der Waals surface area (Å²) in [5.74, 6) is -0.505. The van der Waals surface area contributed by atoms with Gasteiger partial charge in [-0.05, 0) is 84.4 Å². The zero-order valence-electron chi connectivity index (χ0n) is 21.7. The van der Waals surface area contributed by atoms with E-state index >= 15 is 0 Å². The molecule has 1 N–H and O–H groups in total. The number of carbonyl (C=O) groups excluding carboxylic acids is 2. The molecule has 1 aliphatic heterocycles. The van der Waals surface area contributed by atoms with E-state index in [1.165, 1.54) is 36.4 Å². The van der Waals surface area contributed by atoms with Crippen LogP contribution in [-0.2, 0) is 4.79 Å². The summed E-state index contributed by atoms with van der Waals surface area (Å²) >= 11 is 0. The van der Waals surface area contributed by atoms with Crippen molar-refractivity contribution in [3.63, 3.8) is 0 Å². The highest BCUT2D eigenvalue weighted by Crippen LogP contribution is 2.41.